The van der Waals surface area contributed by atoms with Crippen LogP contribution in [-0.2, 0) is 0 Å². The molecule has 0 atom stereocenters. The van der Waals surface area contributed by atoms with Crippen LogP contribution in [0.15, 0.2) is 130 Å². The number of para-hydroxylation sites is 2. The van der Waals surface area contributed by atoms with Crippen LogP contribution in [0.25, 0.3) is 66.8 Å². The average Bonchev–Trinajstić information content (AvgIpc) is 3.42. The Morgan fingerprint density at radius 3 is 2.22 bits per heavy atom. The van der Waals surface area contributed by atoms with Crippen molar-refractivity contribution in [3.05, 3.63) is 138 Å². The lowest BCUT2D eigenvalue weighted by Gasteiger charge is -2.04. The predicted octanol–water partition coefficient (Wildman–Crippen LogP) is 9.84. The standard InChI is InChI=1S/C35H21O2/c1-7-18-32-22(10-1)20-30-26-14-5-3-12-24(26)28(34(30)36-32)16-9-17-29-25-13-4-6-15-27(25)31-21-23-11-2-8-19-33(23)37-35(29)31/h1-21H/q+1. The Morgan fingerprint density at radius 1 is 0.595 bits per heavy atom. The molecule has 0 saturated carbocycles. The van der Waals surface area contributed by atoms with E-state index in [1.165, 1.54) is 21.9 Å². The smallest absolute Gasteiger partial charge is 0.369 e. The Bertz CT molecular complexity index is 2040. The third-order valence-electron chi connectivity index (χ3n) is 7.38. The summed E-state index contributed by atoms with van der Waals surface area (Å²) < 4.78 is 12.9. The van der Waals surface area contributed by atoms with Crippen molar-refractivity contribution in [2.75, 3.05) is 0 Å². The summed E-state index contributed by atoms with van der Waals surface area (Å²) in [6.45, 7) is 0. The minimum atomic E-state index is 0.891. The second kappa shape index (κ2) is 7.78. The molecule has 0 fully saturated rings. The van der Waals surface area contributed by atoms with Crippen LogP contribution < -0.4 is 0 Å². The number of benzene rings is 4. The Kier molecular flexibility index (Phi) is 4.26. The SMILES string of the molecule is C(=Cc1c2oc3ccccc3cc-2c2ccccc12)C=C1c2ccccc2-c2cc3ccccc3[o+]c21. The van der Waals surface area contributed by atoms with Gasteiger partial charge in [0.25, 0.3) is 0 Å². The number of hydrogen-bond acceptors (Lipinski definition) is 1. The second-order valence-corrected chi connectivity index (χ2v) is 9.50. The van der Waals surface area contributed by atoms with Gasteiger partial charge in [-0.1, -0.05) is 91.0 Å². The van der Waals surface area contributed by atoms with Crippen LogP contribution in [0.1, 0.15) is 16.9 Å². The van der Waals surface area contributed by atoms with Gasteiger partial charge in [-0.2, -0.15) is 0 Å². The summed E-state index contributed by atoms with van der Waals surface area (Å²) in [4.78, 5) is 0. The van der Waals surface area contributed by atoms with Crippen LogP contribution in [0, 0.1) is 0 Å². The summed E-state index contributed by atoms with van der Waals surface area (Å²) >= 11 is 0. The minimum absolute atomic E-state index is 0.891. The zero-order valence-corrected chi connectivity index (χ0v) is 19.9. The largest absolute Gasteiger partial charge is 0.455 e. The first-order chi connectivity index (χ1) is 18.3. The molecule has 0 radical (unpaired) electrons. The fraction of sp³-hybridized carbons (Fsp3) is 0. The monoisotopic (exact) mass is 473 g/mol. The molecule has 0 bridgehead atoms. The van der Waals surface area contributed by atoms with Crippen molar-refractivity contribution in [2.45, 2.75) is 0 Å². The van der Waals surface area contributed by atoms with Crippen molar-refractivity contribution in [2.24, 2.45) is 0 Å². The average molecular weight is 474 g/mol. The third kappa shape index (κ3) is 3.03. The van der Waals surface area contributed by atoms with Gasteiger partial charge in [0.1, 0.15) is 11.3 Å². The van der Waals surface area contributed by atoms with Gasteiger partial charge in [0.15, 0.2) is 0 Å². The van der Waals surface area contributed by atoms with Gasteiger partial charge in [-0.3, -0.25) is 0 Å². The van der Waals surface area contributed by atoms with E-state index in [2.05, 4.69) is 91.0 Å². The Hall–Kier alpha value is -4.95. The molecule has 2 heteroatoms. The molecular formula is C35H21O2+. The summed E-state index contributed by atoms with van der Waals surface area (Å²) in [6.07, 6.45) is 6.45. The summed E-state index contributed by atoms with van der Waals surface area (Å²) in [5.41, 5.74) is 8.64. The molecule has 0 unspecified atom stereocenters. The van der Waals surface area contributed by atoms with Crippen LogP contribution in [-0.4, -0.2) is 0 Å². The number of allylic oxidation sites excluding steroid dienone is 2. The van der Waals surface area contributed by atoms with Gasteiger partial charge in [-0.05, 0) is 52.2 Å². The molecule has 0 saturated heterocycles. The van der Waals surface area contributed by atoms with E-state index >= 15 is 0 Å². The van der Waals surface area contributed by atoms with Gasteiger partial charge in [0.2, 0.25) is 0 Å². The van der Waals surface area contributed by atoms with Crippen LogP contribution >= 0.6 is 0 Å². The highest BCUT2D eigenvalue weighted by Gasteiger charge is 2.34. The van der Waals surface area contributed by atoms with E-state index in [4.69, 9.17) is 8.83 Å². The first-order valence-electron chi connectivity index (χ1n) is 12.5. The van der Waals surface area contributed by atoms with Crippen molar-refractivity contribution >= 4 is 44.4 Å². The molecule has 2 nitrogen and oxygen atoms in total. The van der Waals surface area contributed by atoms with Crippen molar-refractivity contribution in [3.8, 4) is 22.5 Å². The highest BCUT2D eigenvalue weighted by atomic mass is 16.3. The maximum absolute atomic E-state index is 6.46. The van der Waals surface area contributed by atoms with Crippen LogP contribution in [0.5, 0.6) is 0 Å². The molecule has 8 rings (SSSR count). The molecule has 1 aromatic heterocycles. The zero-order valence-electron chi connectivity index (χ0n) is 19.9. The molecule has 0 amide bonds. The second-order valence-electron chi connectivity index (χ2n) is 9.50. The fourth-order valence-electron chi connectivity index (χ4n) is 5.68. The van der Waals surface area contributed by atoms with Gasteiger partial charge < -0.3 is 4.42 Å². The predicted molar refractivity (Wildman–Crippen MR) is 153 cm³/mol. The van der Waals surface area contributed by atoms with Gasteiger partial charge in [-0.15, -0.1) is 0 Å². The lowest BCUT2D eigenvalue weighted by Crippen LogP contribution is -1.82. The maximum atomic E-state index is 6.46. The first-order valence-corrected chi connectivity index (χ1v) is 12.5. The lowest BCUT2D eigenvalue weighted by molar-refractivity contribution is 0.592. The molecule has 5 aromatic rings. The molecule has 3 aliphatic rings. The molecule has 2 heterocycles. The fourth-order valence-corrected chi connectivity index (χ4v) is 5.68. The Balaban J connectivity index is 1.32. The molecule has 172 valence electrons. The van der Waals surface area contributed by atoms with Gasteiger partial charge in [0.05, 0.1) is 16.5 Å². The summed E-state index contributed by atoms with van der Waals surface area (Å²) in [5.74, 6) is 1.83. The summed E-state index contributed by atoms with van der Waals surface area (Å²) in [6, 6.07) is 37.9. The molecule has 2 aliphatic carbocycles. The minimum Gasteiger partial charge on any atom is -0.455 e. The highest BCUT2D eigenvalue weighted by Crippen LogP contribution is 2.46. The van der Waals surface area contributed by atoms with E-state index in [1.807, 2.05) is 36.4 Å². The summed E-state index contributed by atoms with van der Waals surface area (Å²) in [5, 5.41) is 4.61. The van der Waals surface area contributed by atoms with Crippen molar-refractivity contribution in [3.63, 3.8) is 0 Å². The van der Waals surface area contributed by atoms with Crippen molar-refractivity contribution in [1.82, 2.24) is 0 Å². The molecule has 37 heavy (non-hydrogen) atoms. The number of hydrogen-bond donors (Lipinski definition) is 0. The van der Waals surface area contributed by atoms with E-state index in [9.17, 15) is 0 Å². The highest BCUT2D eigenvalue weighted by molar-refractivity contribution is 6.10. The van der Waals surface area contributed by atoms with E-state index in [0.29, 0.717) is 0 Å². The molecule has 4 aromatic carbocycles. The molecule has 0 N–H and O–H groups in total. The van der Waals surface area contributed by atoms with E-state index in [0.717, 1.165) is 55.7 Å². The quantitative estimate of drug-likeness (QED) is 0.233. The zero-order chi connectivity index (χ0) is 24.3. The first kappa shape index (κ1) is 20.3. The van der Waals surface area contributed by atoms with Crippen LogP contribution in [0.3, 0.4) is 0 Å². The number of fused-ring (bicyclic) bond motifs is 8. The Morgan fingerprint density at radius 2 is 1.30 bits per heavy atom. The topological polar surface area (TPSA) is 24.4 Å². The van der Waals surface area contributed by atoms with Crippen LogP contribution in [0.4, 0.5) is 0 Å². The van der Waals surface area contributed by atoms with E-state index in [1.54, 1.807) is 0 Å². The molecule has 1 aliphatic heterocycles. The van der Waals surface area contributed by atoms with Crippen LogP contribution in [0.2, 0.25) is 0 Å². The van der Waals surface area contributed by atoms with Gasteiger partial charge in [-0.25, -0.2) is 4.42 Å². The third-order valence-corrected chi connectivity index (χ3v) is 7.38. The van der Waals surface area contributed by atoms with Gasteiger partial charge in [0, 0.05) is 22.6 Å². The summed E-state index contributed by atoms with van der Waals surface area (Å²) in [7, 11) is 0. The lowest BCUT2D eigenvalue weighted by atomic mass is 10.0. The molecular weight excluding hydrogens is 452 g/mol. The van der Waals surface area contributed by atoms with Crippen molar-refractivity contribution in [1.29, 1.82) is 0 Å². The van der Waals surface area contributed by atoms with E-state index in [-0.39, 0.29) is 0 Å². The van der Waals surface area contributed by atoms with Gasteiger partial charge >= 0.3 is 11.3 Å². The van der Waals surface area contributed by atoms with E-state index < -0.39 is 0 Å². The normalized spacial score (nSPS) is 13.9. The Labute approximate surface area is 213 Å². The molecule has 0 spiro atoms. The van der Waals surface area contributed by atoms with Crippen molar-refractivity contribution < 1.29 is 8.83 Å². The number of rotatable bonds is 2. The maximum Gasteiger partial charge on any atom is 0.369 e.